The topological polar surface area (TPSA) is 116 Å². The molecule has 0 saturated heterocycles. The molecule has 0 heterocycles. The maximum absolute atomic E-state index is 13.4. The summed E-state index contributed by atoms with van der Waals surface area (Å²) in [6, 6.07) is 20.8. The number of benzene rings is 3. The van der Waals surface area contributed by atoms with Crippen LogP contribution in [0.4, 0.5) is 0 Å². The van der Waals surface area contributed by atoms with E-state index in [1.54, 1.807) is 31.4 Å². The van der Waals surface area contributed by atoms with Crippen molar-refractivity contribution in [3.63, 3.8) is 0 Å². The highest BCUT2D eigenvalue weighted by molar-refractivity contribution is 7.89. The Kier molecular flexibility index (Phi) is 11.7. The monoisotopic (exact) mass is 596 g/mol. The maximum atomic E-state index is 13.4. The lowest BCUT2D eigenvalue weighted by Crippen LogP contribution is -2.46. The number of aryl methyl sites for hydroxylation is 3. The van der Waals surface area contributed by atoms with Crippen LogP contribution in [0, 0.1) is 6.92 Å². The molecule has 0 aliphatic carbocycles. The zero-order chi connectivity index (χ0) is 30.9. The summed E-state index contributed by atoms with van der Waals surface area (Å²) in [5.41, 5.74) is 4.32. The number of β-amino-alcohol motifs (C(OH)–C–C–N with tert-alkyl or cyclic N) is 1. The molecule has 0 amide bonds. The molecule has 0 aliphatic rings. The van der Waals surface area contributed by atoms with Crippen molar-refractivity contribution in [1.82, 2.24) is 9.62 Å². The van der Waals surface area contributed by atoms with E-state index in [-0.39, 0.29) is 29.9 Å². The van der Waals surface area contributed by atoms with Gasteiger partial charge in [-0.25, -0.2) is 8.42 Å². The molecule has 0 spiro atoms. The van der Waals surface area contributed by atoms with Crippen LogP contribution in [0.1, 0.15) is 49.8 Å². The zero-order valence-electron chi connectivity index (χ0n) is 25.3. The lowest BCUT2D eigenvalue weighted by Gasteiger charge is -2.29. The molecule has 1 atom stereocenters. The average Bonchev–Trinajstić information content (AvgIpc) is 2.95. The van der Waals surface area contributed by atoms with Gasteiger partial charge in [0, 0.05) is 32.1 Å². The van der Waals surface area contributed by atoms with Crippen LogP contribution in [0.25, 0.3) is 11.1 Å². The minimum absolute atomic E-state index is 0.0184. The van der Waals surface area contributed by atoms with Crippen molar-refractivity contribution < 1.29 is 28.2 Å². The third-order valence-electron chi connectivity index (χ3n) is 7.50. The first-order chi connectivity index (χ1) is 19.8. The third kappa shape index (κ3) is 9.39. The second-order valence-electron chi connectivity index (χ2n) is 11.4. The van der Waals surface area contributed by atoms with Crippen molar-refractivity contribution >= 4 is 16.0 Å². The average molecular weight is 597 g/mol. The van der Waals surface area contributed by atoms with Gasteiger partial charge >= 0.3 is 5.97 Å². The predicted octanol–water partition coefficient (Wildman–Crippen LogP) is 5.06. The van der Waals surface area contributed by atoms with Gasteiger partial charge in [-0.1, -0.05) is 42.5 Å². The number of carbonyl (C=O) groups is 1. The zero-order valence-corrected chi connectivity index (χ0v) is 26.1. The molecule has 0 fully saturated rings. The van der Waals surface area contributed by atoms with Crippen LogP contribution < -0.4 is 10.1 Å². The molecule has 0 bridgehead atoms. The van der Waals surface area contributed by atoms with Crippen molar-refractivity contribution in [1.29, 1.82) is 0 Å². The lowest BCUT2D eigenvalue weighted by molar-refractivity contribution is -0.136. The number of methoxy groups -OCH3 is 1. The molecule has 0 radical (unpaired) electrons. The fourth-order valence-electron chi connectivity index (χ4n) is 5.00. The second kappa shape index (κ2) is 14.8. The van der Waals surface area contributed by atoms with Gasteiger partial charge in [0.05, 0.1) is 18.1 Å². The van der Waals surface area contributed by atoms with Crippen LogP contribution in [-0.4, -0.2) is 67.8 Å². The summed E-state index contributed by atoms with van der Waals surface area (Å²) in [4.78, 5) is 11.2. The number of sulfonamides is 1. The fourth-order valence-corrected chi connectivity index (χ4v) is 6.30. The number of aliphatic carboxylic acids is 1. The normalized spacial score (nSPS) is 12.8. The van der Waals surface area contributed by atoms with Crippen LogP contribution in [0.3, 0.4) is 0 Å². The van der Waals surface area contributed by atoms with Crippen LogP contribution in [-0.2, 0) is 27.7 Å². The number of aliphatic hydroxyl groups excluding tert-OH is 1. The third-order valence-corrected chi connectivity index (χ3v) is 9.32. The fraction of sp³-hybridized carbons (Fsp3) is 0.424. The minimum atomic E-state index is -3.83. The van der Waals surface area contributed by atoms with E-state index in [0.29, 0.717) is 12.2 Å². The SMILES string of the molecule is COc1ccc(-c2ccc(S(=O)(=O)N(C)C[C@H](O)CNC(C)(C)CCCc3ccccc3)cc2C)cc1CCC(=O)O. The largest absolute Gasteiger partial charge is 0.496 e. The molecule has 0 unspecified atom stereocenters. The van der Waals surface area contributed by atoms with E-state index in [1.165, 1.54) is 16.9 Å². The molecular formula is C33H44N2O6S. The Morgan fingerprint density at radius 3 is 2.40 bits per heavy atom. The second-order valence-corrected chi connectivity index (χ2v) is 13.5. The Morgan fingerprint density at radius 2 is 1.76 bits per heavy atom. The first kappa shape index (κ1) is 33.3. The molecule has 0 aliphatic heterocycles. The van der Waals surface area contributed by atoms with E-state index in [2.05, 4.69) is 31.3 Å². The van der Waals surface area contributed by atoms with Crippen molar-refractivity contribution in [2.45, 2.75) is 69.4 Å². The number of hydrogen-bond donors (Lipinski definition) is 3. The number of carboxylic acids is 1. The summed E-state index contributed by atoms with van der Waals surface area (Å²) in [7, 11) is -0.810. The number of ether oxygens (including phenoxy) is 1. The molecule has 0 saturated carbocycles. The first-order valence-corrected chi connectivity index (χ1v) is 15.7. The standard InChI is InChI=1S/C33H44N2O6S/c1-24-20-29(15-16-30(24)26-13-17-31(41-5)27(21-26)14-18-32(37)38)42(39,40)35(4)23-28(36)22-34-33(2,3)19-9-12-25-10-7-6-8-11-25/h6-8,10-11,13,15-17,20-21,28,34,36H,9,12,14,18-19,22-23H2,1-5H3,(H,37,38)/t28-/m1/s1. The van der Waals surface area contributed by atoms with Gasteiger partial charge in [0.2, 0.25) is 10.0 Å². The molecule has 9 heteroatoms. The van der Waals surface area contributed by atoms with E-state index >= 15 is 0 Å². The van der Waals surface area contributed by atoms with E-state index in [1.807, 2.05) is 37.3 Å². The predicted molar refractivity (Wildman–Crippen MR) is 166 cm³/mol. The maximum Gasteiger partial charge on any atom is 0.303 e. The van der Waals surface area contributed by atoms with Crippen LogP contribution >= 0.6 is 0 Å². The van der Waals surface area contributed by atoms with E-state index in [9.17, 15) is 18.3 Å². The molecular weight excluding hydrogens is 552 g/mol. The number of likely N-dealkylation sites (N-methyl/N-ethyl adjacent to an activating group) is 1. The summed E-state index contributed by atoms with van der Waals surface area (Å²) >= 11 is 0. The summed E-state index contributed by atoms with van der Waals surface area (Å²) < 4.78 is 33.3. The smallest absolute Gasteiger partial charge is 0.303 e. The number of rotatable bonds is 16. The number of carboxylic acid groups (broad SMARTS) is 1. The highest BCUT2D eigenvalue weighted by Gasteiger charge is 2.25. The van der Waals surface area contributed by atoms with Gasteiger partial charge in [0.15, 0.2) is 0 Å². The summed E-state index contributed by atoms with van der Waals surface area (Å²) in [6.07, 6.45) is 2.34. The van der Waals surface area contributed by atoms with Gasteiger partial charge in [-0.3, -0.25) is 4.79 Å². The van der Waals surface area contributed by atoms with E-state index < -0.39 is 22.1 Å². The molecule has 3 N–H and O–H groups in total. The number of nitrogens with zero attached hydrogens (tertiary/aromatic N) is 1. The Balaban J connectivity index is 1.61. The van der Waals surface area contributed by atoms with Crippen molar-refractivity contribution in [2.24, 2.45) is 0 Å². The van der Waals surface area contributed by atoms with Crippen LogP contribution in [0.15, 0.2) is 71.6 Å². The molecule has 42 heavy (non-hydrogen) atoms. The number of hydrogen-bond acceptors (Lipinski definition) is 6. The van der Waals surface area contributed by atoms with Gasteiger partial charge in [-0.05, 0) is 98.5 Å². The van der Waals surface area contributed by atoms with Crippen LogP contribution in [0.2, 0.25) is 0 Å². The molecule has 0 aromatic heterocycles. The minimum Gasteiger partial charge on any atom is -0.496 e. The molecule has 3 rings (SSSR count). The van der Waals surface area contributed by atoms with Gasteiger partial charge in [-0.2, -0.15) is 4.31 Å². The summed E-state index contributed by atoms with van der Waals surface area (Å²) in [5.74, 6) is -0.275. The van der Waals surface area contributed by atoms with Gasteiger partial charge in [0.25, 0.3) is 0 Å². The highest BCUT2D eigenvalue weighted by atomic mass is 32.2. The van der Waals surface area contributed by atoms with Crippen LogP contribution in [0.5, 0.6) is 5.75 Å². The summed E-state index contributed by atoms with van der Waals surface area (Å²) in [5, 5.41) is 23.2. The Labute approximate surface area is 250 Å². The van der Waals surface area contributed by atoms with Gasteiger partial charge < -0.3 is 20.3 Å². The number of aliphatic hydroxyl groups is 1. The van der Waals surface area contributed by atoms with Gasteiger partial charge in [-0.15, -0.1) is 0 Å². The highest BCUT2D eigenvalue weighted by Crippen LogP contribution is 2.31. The molecule has 3 aromatic carbocycles. The quantitative estimate of drug-likeness (QED) is 0.212. The van der Waals surface area contributed by atoms with E-state index in [0.717, 1.165) is 41.5 Å². The van der Waals surface area contributed by atoms with E-state index in [4.69, 9.17) is 9.84 Å². The first-order valence-electron chi connectivity index (χ1n) is 14.3. The Morgan fingerprint density at radius 1 is 1.05 bits per heavy atom. The Hall–Kier alpha value is -3.24. The van der Waals surface area contributed by atoms with Gasteiger partial charge in [0.1, 0.15) is 5.75 Å². The molecule has 228 valence electrons. The number of nitrogens with one attached hydrogen (secondary N) is 1. The summed E-state index contributed by atoms with van der Waals surface area (Å²) in [6.45, 7) is 6.26. The van der Waals surface area contributed by atoms with Crippen molar-refractivity contribution in [3.8, 4) is 16.9 Å². The lowest BCUT2D eigenvalue weighted by atomic mass is 9.95. The molecule has 3 aromatic rings. The molecule has 8 nitrogen and oxygen atoms in total. The Bertz CT molecular complexity index is 1440. The van der Waals surface area contributed by atoms with Crippen molar-refractivity contribution in [2.75, 3.05) is 27.2 Å². The van der Waals surface area contributed by atoms with Crippen molar-refractivity contribution in [3.05, 3.63) is 83.4 Å².